The fourth-order valence-electron chi connectivity index (χ4n) is 6.85. The Morgan fingerprint density at radius 2 is 1.61 bits per heavy atom. The standard InChI is InChI=1S/C36H35N5O2S/c1-35(2)26-19-20-36(35,3)31(22-26)37-38-34-41(28-13-9-6-10-14-28)33(42)30(44-34)21-25-23-40(27-11-7-5-8-12-27)39-32(25)24-15-17-29(43-4)18-16-24/h5-18,21,23,26H,19-20,22H2,1-4H3/b30-21+,37-31+,38-34+. The Morgan fingerprint density at radius 1 is 0.932 bits per heavy atom. The smallest absolute Gasteiger partial charge is 0.271 e. The number of fused-ring (bicyclic) bond motifs is 2. The molecule has 1 aromatic heterocycles. The van der Waals surface area contributed by atoms with Crippen LogP contribution in [0.3, 0.4) is 0 Å². The van der Waals surface area contributed by atoms with E-state index in [0.717, 1.165) is 52.5 Å². The molecule has 222 valence electrons. The molecule has 0 N–H and O–H groups in total. The van der Waals surface area contributed by atoms with Crippen LogP contribution in [0.1, 0.15) is 45.6 Å². The number of anilines is 1. The van der Waals surface area contributed by atoms with E-state index in [0.29, 0.717) is 16.0 Å². The van der Waals surface area contributed by atoms with Gasteiger partial charge in [-0.3, -0.25) is 9.69 Å². The van der Waals surface area contributed by atoms with Crippen LogP contribution in [0.5, 0.6) is 5.75 Å². The number of thioether (sulfide) groups is 1. The summed E-state index contributed by atoms with van der Waals surface area (Å²) in [5.74, 6) is 1.27. The maximum absolute atomic E-state index is 14.1. The van der Waals surface area contributed by atoms with E-state index in [1.807, 2.05) is 102 Å². The van der Waals surface area contributed by atoms with Gasteiger partial charge in [0.05, 0.1) is 29.1 Å². The summed E-state index contributed by atoms with van der Waals surface area (Å²) in [6, 6.07) is 27.5. The van der Waals surface area contributed by atoms with Gasteiger partial charge in [0.2, 0.25) is 5.17 Å². The maximum Gasteiger partial charge on any atom is 0.271 e. The molecule has 2 unspecified atom stereocenters. The number of aromatic nitrogens is 2. The first-order valence-electron chi connectivity index (χ1n) is 15.0. The first-order chi connectivity index (χ1) is 21.3. The molecule has 4 aromatic rings. The van der Waals surface area contributed by atoms with E-state index in [-0.39, 0.29) is 16.7 Å². The topological polar surface area (TPSA) is 72.1 Å². The van der Waals surface area contributed by atoms with Crippen molar-refractivity contribution >= 4 is 40.3 Å². The van der Waals surface area contributed by atoms with Gasteiger partial charge in [-0.05, 0) is 97.0 Å². The lowest BCUT2D eigenvalue weighted by molar-refractivity contribution is -0.113. The summed E-state index contributed by atoms with van der Waals surface area (Å²) in [6.45, 7) is 7.06. The van der Waals surface area contributed by atoms with Gasteiger partial charge in [-0.15, -0.1) is 5.10 Å². The molecule has 1 aliphatic heterocycles. The first-order valence-corrected chi connectivity index (χ1v) is 15.8. The minimum absolute atomic E-state index is 0.0323. The highest BCUT2D eigenvalue weighted by atomic mass is 32.2. The van der Waals surface area contributed by atoms with E-state index >= 15 is 0 Å². The SMILES string of the molecule is COc1ccc(-c2nn(-c3ccccc3)cc2/C=C2/S/C(=N/N=C3\CC4CCC3(C)C4(C)C)N(c3ccccc3)C2=O)cc1. The second-order valence-corrected chi connectivity index (χ2v) is 13.5. The van der Waals surface area contributed by atoms with Gasteiger partial charge in [-0.2, -0.15) is 10.2 Å². The van der Waals surface area contributed by atoms with Crippen LogP contribution in [-0.4, -0.2) is 33.7 Å². The summed E-state index contributed by atoms with van der Waals surface area (Å²) in [4.78, 5) is 16.3. The van der Waals surface area contributed by atoms with Crippen LogP contribution < -0.4 is 9.64 Å². The zero-order valence-electron chi connectivity index (χ0n) is 25.4. The van der Waals surface area contributed by atoms with Crippen molar-refractivity contribution in [2.45, 2.75) is 40.0 Å². The van der Waals surface area contributed by atoms with Crippen molar-refractivity contribution in [1.29, 1.82) is 0 Å². The van der Waals surface area contributed by atoms with Crippen molar-refractivity contribution in [3.05, 3.63) is 102 Å². The molecular formula is C36H35N5O2S. The van der Waals surface area contributed by atoms with Gasteiger partial charge in [0, 0.05) is 28.5 Å². The minimum Gasteiger partial charge on any atom is -0.497 e. The Bertz CT molecular complexity index is 1810. The molecule has 3 aliphatic rings. The summed E-state index contributed by atoms with van der Waals surface area (Å²) < 4.78 is 7.23. The van der Waals surface area contributed by atoms with E-state index < -0.39 is 0 Å². The number of methoxy groups -OCH3 is 1. The normalized spacial score (nSPS) is 25.1. The van der Waals surface area contributed by atoms with Crippen LogP contribution in [0.2, 0.25) is 0 Å². The predicted octanol–water partition coefficient (Wildman–Crippen LogP) is 8.23. The van der Waals surface area contributed by atoms with Crippen LogP contribution in [0.4, 0.5) is 5.69 Å². The number of carbonyl (C=O) groups excluding carboxylic acids is 1. The Balaban J connectivity index is 1.31. The average molecular weight is 602 g/mol. The molecule has 7 rings (SSSR count). The van der Waals surface area contributed by atoms with Gasteiger partial charge in [0.1, 0.15) is 5.75 Å². The second kappa shape index (κ2) is 10.9. The number of amides is 1. The lowest BCUT2D eigenvalue weighted by Gasteiger charge is -2.34. The Kier molecular flexibility index (Phi) is 7.04. The van der Waals surface area contributed by atoms with Crippen LogP contribution in [0.25, 0.3) is 23.0 Å². The number of rotatable bonds is 6. The van der Waals surface area contributed by atoms with Crippen molar-refractivity contribution < 1.29 is 9.53 Å². The van der Waals surface area contributed by atoms with Crippen LogP contribution in [0.15, 0.2) is 106 Å². The molecule has 2 saturated carbocycles. The summed E-state index contributed by atoms with van der Waals surface area (Å²) in [5, 5.41) is 15.2. The largest absolute Gasteiger partial charge is 0.497 e. The van der Waals surface area contributed by atoms with Crippen LogP contribution in [-0.2, 0) is 4.79 Å². The Labute approximate surface area is 262 Å². The van der Waals surface area contributed by atoms with Crippen LogP contribution >= 0.6 is 11.8 Å². The lowest BCUT2D eigenvalue weighted by Crippen LogP contribution is -2.32. The van der Waals surface area contributed by atoms with E-state index in [2.05, 4.69) is 20.8 Å². The molecule has 2 atom stereocenters. The summed E-state index contributed by atoms with van der Waals surface area (Å²) in [5.41, 5.74) is 5.61. The summed E-state index contributed by atoms with van der Waals surface area (Å²) in [7, 11) is 1.65. The number of carbonyl (C=O) groups is 1. The minimum atomic E-state index is -0.132. The zero-order valence-corrected chi connectivity index (χ0v) is 26.2. The molecule has 7 nitrogen and oxygen atoms in total. The maximum atomic E-state index is 14.1. The van der Waals surface area contributed by atoms with E-state index in [1.165, 1.54) is 18.2 Å². The molecule has 3 aromatic carbocycles. The molecule has 3 fully saturated rings. The Hall–Kier alpha value is -4.43. The average Bonchev–Trinajstić information content (AvgIpc) is 3.72. The predicted molar refractivity (Wildman–Crippen MR) is 179 cm³/mol. The molecule has 2 aliphatic carbocycles. The molecule has 2 bridgehead atoms. The van der Waals surface area contributed by atoms with Gasteiger partial charge in [0.25, 0.3) is 5.91 Å². The van der Waals surface area contributed by atoms with Crippen molar-refractivity contribution in [1.82, 2.24) is 9.78 Å². The fraction of sp³-hybridized carbons (Fsp3) is 0.278. The second-order valence-electron chi connectivity index (χ2n) is 12.5. The first kappa shape index (κ1) is 28.3. The Morgan fingerprint density at radius 3 is 2.23 bits per heavy atom. The number of amidine groups is 1. The van der Waals surface area contributed by atoms with Gasteiger partial charge < -0.3 is 4.74 Å². The summed E-state index contributed by atoms with van der Waals surface area (Å²) >= 11 is 1.36. The zero-order chi connectivity index (χ0) is 30.5. The van der Waals surface area contributed by atoms with Crippen molar-refractivity contribution in [3.63, 3.8) is 0 Å². The molecule has 8 heteroatoms. The van der Waals surface area contributed by atoms with Gasteiger partial charge in [-0.25, -0.2) is 4.68 Å². The molecule has 2 heterocycles. The summed E-state index contributed by atoms with van der Waals surface area (Å²) in [6.07, 6.45) is 7.23. The van der Waals surface area contributed by atoms with Crippen LogP contribution in [0, 0.1) is 16.7 Å². The molecule has 1 saturated heterocycles. The molecule has 1 amide bonds. The van der Waals surface area contributed by atoms with Crippen molar-refractivity contribution in [2.24, 2.45) is 27.0 Å². The number of para-hydroxylation sites is 2. The molecule has 0 spiro atoms. The monoisotopic (exact) mass is 601 g/mol. The fourth-order valence-corrected chi connectivity index (χ4v) is 7.77. The van der Waals surface area contributed by atoms with E-state index in [4.69, 9.17) is 20.0 Å². The number of hydrogen-bond donors (Lipinski definition) is 0. The van der Waals surface area contributed by atoms with Crippen molar-refractivity contribution in [3.8, 4) is 22.7 Å². The molecule has 44 heavy (non-hydrogen) atoms. The van der Waals surface area contributed by atoms with Gasteiger partial charge in [0.15, 0.2) is 0 Å². The third kappa shape index (κ3) is 4.68. The molecular weight excluding hydrogens is 566 g/mol. The van der Waals surface area contributed by atoms with Crippen molar-refractivity contribution in [2.75, 3.05) is 12.0 Å². The highest BCUT2D eigenvalue weighted by Crippen LogP contribution is 2.64. The third-order valence-corrected chi connectivity index (χ3v) is 11.0. The lowest BCUT2D eigenvalue weighted by atomic mass is 9.70. The number of nitrogens with zero attached hydrogens (tertiary/aromatic N) is 5. The number of benzene rings is 3. The van der Waals surface area contributed by atoms with Gasteiger partial charge in [-0.1, -0.05) is 57.2 Å². The highest BCUT2D eigenvalue weighted by molar-refractivity contribution is 8.19. The highest BCUT2D eigenvalue weighted by Gasteiger charge is 2.60. The number of ether oxygens (including phenoxy) is 1. The quantitative estimate of drug-likeness (QED) is 0.165. The third-order valence-electron chi connectivity index (χ3n) is 10.0. The molecule has 0 radical (unpaired) electrons. The van der Waals surface area contributed by atoms with E-state index in [1.54, 1.807) is 12.0 Å². The van der Waals surface area contributed by atoms with Gasteiger partial charge >= 0.3 is 0 Å². The number of hydrogen-bond acceptors (Lipinski definition) is 6. The van der Waals surface area contributed by atoms with E-state index in [9.17, 15) is 4.79 Å².